The van der Waals surface area contributed by atoms with Crippen LogP contribution in [0, 0.1) is 0 Å². The smallest absolute Gasteiger partial charge is 0.416 e. The molecule has 4 rings (SSSR count). The Morgan fingerprint density at radius 3 is 2.24 bits per heavy atom. The molecular formula is C25H20F3N3O5S. The number of aryl methyl sites for hydroxylation is 1. The summed E-state index contributed by atoms with van der Waals surface area (Å²) in [5.74, 6) is -1.15. The minimum atomic E-state index is -4.60. The second-order valence-electron chi connectivity index (χ2n) is 8.05. The Morgan fingerprint density at radius 1 is 0.865 bits per heavy atom. The number of carbonyl (C=O) groups is 2. The molecule has 8 nitrogen and oxygen atoms in total. The fourth-order valence-electron chi connectivity index (χ4n) is 3.81. The van der Waals surface area contributed by atoms with Gasteiger partial charge in [-0.05, 0) is 48.5 Å². The van der Waals surface area contributed by atoms with Gasteiger partial charge in [0.15, 0.2) is 9.84 Å². The minimum Gasteiger partial charge on any atom is -0.465 e. The number of fused-ring (bicyclic) bond motifs is 1. The van der Waals surface area contributed by atoms with Crippen molar-refractivity contribution in [2.24, 2.45) is 0 Å². The first-order valence-corrected chi connectivity index (χ1v) is 12.5. The number of amides is 2. The summed E-state index contributed by atoms with van der Waals surface area (Å²) in [4.78, 5) is 24.3. The molecule has 3 aromatic carbocycles. The zero-order chi connectivity index (χ0) is 26.8. The predicted octanol–water partition coefficient (Wildman–Crippen LogP) is 5.48. The van der Waals surface area contributed by atoms with Crippen LogP contribution in [0.1, 0.15) is 16.1 Å². The molecule has 0 saturated carbocycles. The maximum absolute atomic E-state index is 13.2. The number of alkyl halides is 3. The van der Waals surface area contributed by atoms with Crippen molar-refractivity contribution in [1.29, 1.82) is 0 Å². The van der Waals surface area contributed by atoms with E-state index in [2.05, 4.69) is 10.6 Å². The standard InChI is InChI=1S/C25H20F3N3O5S/c26-25(27,28)17-5-4-6-18(14-17)29-23(32)22-13-16-9-10-19(30-24(33)34)15-21(16)31(22)11-12-37(35,36)20-7-2-1-3-8-20/h1-10,13-15,30H,11-12H2,(H,29,32)(H,33,34). The van der Waals surface area contributed by atoms with Crippen LogP contribution in [0.3, 0.4) is 0 Å². The average molecular weight is 532 g/mol. The molecule has 0 atom stereocenters. The quantitative estimate of drug-likeness (QED) is 0.292. The van der Waals surface area contributed by atoms with Crippen LogP contribution in [0.25, 0.3) is 10.9 Å². The van der Waals surface area contributed by atoms with E-state index in [1.54, 1.807) is 24.3 Å². The molecule has 0 spiro atoms. The van der Waals surface area contributed by atoms with Gasteiger partial charge in [-0.1, -0.05) is 30.3 Å². The Hall–Kier alpha value is -4.32. The first kappa shape index (κ1) is 25.8. The summed E-state index contributed by atoms with van der Waals surface area (Å²) in [6.45, 7) is -0.178. The lowest BCUT2D eigenvalue weighted by molar-refractivity contribution is -0.137. The van der Waals surface area contributed by atoms with Crippen LogP contribution < -0.4 is 10.6 Å². The van der Waals surface area contributed by atoms with Crippen molar-refractivity contribution in [2.45, 2.75) is 17.6 Å². The van der Waals surface area contributed by atoms with Crippen LogP contribution in [-0.2, 0) is 22.6 Å². The number of rotatable bonds is 7. The van der Waals surface area contributed by atoms with Gasteiger partial charge in [0.2, 0.25) is 0 Å². The molecule has 0 fully saturated rings. The van der Waals surface area contributed by atoms with Crippen molar-refractivity contribution in [3.63, 3.8) is 0 Å². The van der Waals surface area contributed by atoms with Crippen LogP contribution in [-0.4, -0.2) is 35.8 Å². The van der Waals surface area contributed by atoms with Crippen molar-refractivity contribution in [1.82, 2.24) is 4.57 Å². The first-order chi connectivity index (χ1) is 17.4. The number of hydrogen-bond acceptors (Lipinski definition) is 4. The molecule has 0 saturated heterocycles. The fraction of sp³-hybridized carbons (Fsp3) is 0.120. The number of aromatic nitrogens is 1. The van der Waals surface area contributed by atoms with E-state index >= 15 is 0 Å². The summed E-state index contributed by atoms with van der Waals surface area (Å²) >= 11 is 0. The maximum atomic E-state index is 13.2. The number of carboxylic acid groups (broad SMARTS) is 1. The molecule has 2 amide bonds. The molecule has 0 aliphatic heterocycles. The predicted molar refractivity (Wildman–Crippen MR) is 131 cm³/mol. The molecule has 4 aromatic rings. The summed E-state index contributed by atoms with van der Waals surface area (Å²) in [5, 5.41) is 14.2. The van der Waals surface area contributed by atoms with E-state index in [1.807, 2.05) is 0 Å². The summed E-state index contributed by atoms with van der Waals surface area (Å²) in [6, 6.07) is 17.8. The Labute approximate surface area is 209 Å². The summed E-state index contributed by atoms with van der Waals surface area (Å²) in [5.41, 5.74) is -0.493. The Kier molecular flexibility index (Phi) is 6.94. The van der Waals surface area contributed by atoms with Crippen molar-refractivity contribution in [3.8, 4) is 0 Å². The van der Waals surface area contributed by atoms with Crippen molar-refractivity contribution >= 4 is 44.1 Å². The number of halogens is 3. The largest absolute Gasteiger partial charge is 0.465 e. The number of anilines is 2. The van der Waals surface area contributed by atoms with E-state index in [-0.39, 0.29) is 34.3 Å². The number of benzene rings is 3. The van der Waals surface area contributed by atoms with Gasteiger partial charge in [-0.25, -0.2) is 13.2 Å². The van der Waals surface area contributed by atoms with Gasteiger partial charge in [-0.3, -0.25) is 10.1 Å². The van der Waals surface area contributed by atoms with Gasteiger partial charge in [0.1, 0.15) is 5.69 Å². The topological polar surface area (TPSA) is 118 Å². The number of nitrogens with one attached hydrogen (secondary N) is 2. The molecule has 3 N–H and O–H groups in total. The van der Waals surface area contributed by atoms with E-state index < -0.39 is 33.6 Å². The van der Waals surface area contributed by atoms with Crippen molar-refractivity contribution in [2.75, 3.05) is 16.4 Å². The fourth-order valence-corrected chi connectivity index (χ4v) is 5.04. The molecule has 0 radical (unpaired) electrons. The highest BCUT2D eigenvalue weighted by atomic mass is 32.2. The third-order valence-electron chi connectivity index (χ3n) is 5.52. The summed E-state index contributed by atoms with van der Waals surface area (Å²) < 4.78 is 66.4. The molecular weight excluding hydrogens is 511 g/mol. The number of sulfone groups is 1. The molecule has 37 heavy (non-hydrogen) atoms. The second kappa shape index (κ2) is 9.97. The minimum absolute atomic E-state index is 0.0110. The highest BCUT2D eigenvalue weighted by molar-refractivity contribution is 7.91. The van der Waals surface area contributed by atoms with Gasteiger partial charge in [0.05, 0.1) is 21.7 Å². The first-order valence-electron chi connectivity index (χ1n) is 10.8. The molecule has 0 unspecified atom stereocenters. The second-order valence-corrected chi connectivity index (χ2v) is 10.2. The SMILES string of the molecule is O=C(O)Nc1ccc2cc(C(=O)Nc3cccc(C(F)(F)F)c3)n(CCS(=O)(=O)c3ccccc3)c2c1. The molecule has 0 bridgehead atoms. The summed E-state index contributed by atoms with van der Waals surface area (Å²) in [7, 11) is -3.74. The van der Waals surface area contributed by atoms with E-state index in [0.717, 1.165) is 18.2 Å². The molecule has 1 heterocycles. The molecule has 0 aliphatic rings. The average Bonchev–Trinajstić information content (AvgIpc) is 3.21. The lowest BCUT2D eigenvalue weighted by atomic mass is 10.2. The highest BCUT2D eigenvalue weighted by Crippen LogP contribution is 2.31. The molecule has 192 valence electrons. The van der Waals surface area contributed by atoms with Crippen LogP contribution in [0.15, 0.2) is 83.8 Å². The number of hydrogen-bond donors (Lipinski definition) is 3. The van der Waals surface area contributed by atoms with Crippen molar-refractivity contribution < 1.29 is 36.3 Å². The van der Waals surface area contributed by atoms with Gasteiger partial charge in [0, 0.05) is 23.3 Å². The zero-order valence-corrected chi connectivity index (χ0v) is 19.8. The van der Waals surface area contributed by atoms with Crippen LogP contribution >= 0.6 is 0 Å². The van der Waals surface area contributed by atoms with Gasteiger partial charge < -0.3 is 15.0 Å². The van der Waals surface area contributed by atoms with E-state index in [1.165, 1.54) is 41.0 Å². The highest BCUT2D eigenvalue weighted by Gasteiger charge is 2.30. The Balaban J connectivity index is 1.72. The van der Waals surface area contributed by atoms with E-state index in [4.69, 9.17) is 5.11 Å². The monoisotopic (exact) mass is 531 g/mol. The normalized spacial score (nSPS) is 11.9. The van der Waals surface area contributed by atoms with Gasteiger partial charge in [-0.15, -0.1) is 0 Å². The number of nitrogens with zero attached hydrogens (tertiary/aromatic N) is 1. The zero-order valence-electron chi connectivity index (χ0n) is 19.0. The lowest BCUT2D eigenvalue weighted by Crippen LogP contribution is -2.20. The third kappa shape index (κ3) is 5.92. The van der Waals surface area contributed by atoms with Gasteiger partial charge in [-0.2, -0.15) is 13.2 Å². The van der Waals surface area contributed by atoms with Crippen LogP contribution in [0.5, 0.6) is 0 Å². The van der Waals surface area contributed by atoms with Gasteiger partial charge in [0.25, 0.3) is 5.91 Å². The summed E-state index contributed by atoms with van der Waals surface area (Å²) in [6.07, 6.45) is -5.92. The Bertz CT molecular complexity index is 1580. The van der Waals surface area contributed by atoms with Crippen LogP contribution in [0.4, 0.5) is 29.3 Å². The van der Waals surface area contributed by atoms with Gasteiger partial charge >= 0.3 is 12.3 Å². The van der Waals surface area contributed by atoms with E-state index in [9.17, 15) is 31.2 Å². The Morgan fingerprint density at radius 2 is 1.57 bits per heavy atom. The van der Waals surface area contributed by atoms with E-state index in [0.29, 0.717) is 10.9 Å². The number of carbonyl (C=O) groups excluding carboxylic acids is 1. The maximum Gasteiger partial charge on any atom is 0.416 e. The lowest BCUT2D eigenvalue weighted by Gasteiger charge is -2.13. The molecule has 1 aromatic heterocycles. The third-order valence-corrected chi connectivity index (χ3v) is 7.23. The van der Waals surface area contributed by atoms with Crippen LogP contribution in [0.2, 0.25) is 0 Å². The molecule has 0 aliphatic carbocycles. The van der Waals surface area contributed by atoms with Crippen molar-refractivity contribution in [3.05, 3.63) is 90.1 Å². The molecule has 12 heteroatoms.